The van der Waals surface area contributed by atoms with Gasteiger partial charge in [-0.05, 0) is 23.3 Å². The summed E-state index contributed by atoms with van der Waals surface area (Å²) >= 11 is 0.227. The van der Waals surface area contributed by atoms with Gasteiger partial charge in [0.25, 0.3) is 0 Å². The molecule has 0 amide bonds. The Labute approximate surface area is 234 Å². The van der Waals surface area contributed by atoms with E-state index in [9.17, 15) is 9.59 Å². The van der Waals surface area contributed by atoms with Crippen LogP contribution in [0.2, 0.25) is 0 Å². The van der Waals surface area contributed by atoms with E-state index in [4.69, 9.17) is 0 Å². The van der Waals surface area contributed by atoms with E-state index < -0.39 is 0 Å². The number of Topliss-reactive ketones (excluding diaryl/α,β-unsaturated/α-hetero) is 2. The Morgan fingerprint density at radius 3 is 2.00 bits per heavy atom. The van der Waals surface area contributed by atoms with Crippen LogP contribution in [0.15, 0.2) is 89.4 Å². The van der Waals surface area contributed by atoms with Gasteiger partial charge in [-0.3, -0.25) is 0 Å². The average Bonchev–Trinajstić information content (AvgIpc) is 3.48. The van der Waals surface area contributed by atoms with E-state index in [1.807, 2.05) is 12.1 Å². The number of carbonyl (C=O) groups is 2. The SMILES string of the molecule is Cc1cc(N2c3ccccc3C(C)(C)c3ccccc32)c(C)cc1/C=C1/C(=O)c2cc3cc[se]c3cc2C1=O. The predicted molar refractivity (Wildman–Crippen MR) is 160 cm³/mol. The molecular weight excluding hydrogens is 545 g/mol. The third-order valence-corrected chi connectivity index (χ3v) is 10.2. The number of allylic oxidation sites excluding steroid dienone is 1. The molecule has 1 aliphatic carbocycles. The molecule has 1 aliphatic heterocycles. The van der Waals surface area contributed by atoms with E-state index in [1.165, 1.54) is 26.8 Å². The maximum absolute atomic E-state index is 13.3. The number of benzene rings is 4. The Bertz CT molecular complexity index is 1800. The summed E-state index contributed by atoms with van der Waals surface area (Å²) < 4.78 is 1.17. The van der Waals surface area contributed by atoms with E-state index in [0.29, 0.717) is 11.1 Å². The number of para-hydroxylation sites is 2. The topological polar surface area (TPSA) is 37.4 Å². The Balaban J connectivity index is 1.35. The summed E-state index contributed by atoms with van der Waals surface area (Å²) in [7, 11) is 0. The van der Waals surface area contributed by atoms with Crippen molar-refractivity contribution < 1.29 is 9.59 Å². The van der Waals surface area contributed by atoms with Crippen molar-refractivity contribution in [3.8, 4) is 0 Å². The molecule has 4 heteroatoms. The van der Waals surface area contributed by atoms with E-state index in [0.717, 1.165) is 27.8 Å². The van der Waals surface area contributed by atoms with Gasteiger partial charge in [0.2, 0.25) is 0 Å². The van der Waals surface area contributed by atoms with Crippen LogP contribution in [0.5, 0.6) is 0 Å². The van der Waals surface area contributed by atoms with Crippen LogP contribution >= 0.6 is 0 Å². The molecule has 190 valence electrons. The molecule has 4 aromatic carbocycles. The number of nitrogens with zero attached hydrogens (tertiary/aromatic N) is 1. The van der Waals surface area contributed by atoms with Crippen molar-refractivity contribution in [2.75, 3.05) is 4.90 Å². The first kappa shape index (κ1) is 24.1. The summed E-state index contributed by atoms with van der Waals surface area (Å²) in [4.78, 5) is 31.2. The summed E-state index contributed by atoms with van der Waals surface area (Å²) in [5.74, 6) is -0.337. The van der Waals surface area contributed by atoms with Gasteiger partial charge >= 0.3 is 156 Å². The van der Waals surface area contributed by atoms with E-state index in [-0.39, 0.29) is 37.1 Å². The molecule has 2 heterocycles. The number of aryl methyl sites for hydroxylation is 2. The second kappa shape index (κ2) is 8.51. The summed E-state index contributed by atoms with van der Waals surface area (Å²) in [6.45, 7) is 8.73. The zero-order valence-corrected chi connectivity index (χ0v) is 24.0. The van der Waals surface area contributed by atoms with Gasteiger partial charge in [0.1, 0.15) is 0 Å². The molecule has 3 nitrogen and oxygen atoms in total. The third kappa shape index (κ3) is 3.49. The molecule has 0 radical (unpaired) electrons. The molecule has 39 heavy (non-hydrogen) atoms. The van der Waals surface area contributed by atoms with Gasteiger partial charge in [-0.25, -0.2) is 0 Å². The molecule has 0 bridgehead atoms. The Kier molecular flexibility index (Phi) is 5.26. The second-order valence-electron chi connectivity index (χ2n) is 11.1. The number of hydrogen-bond acceptors (Lipinski definition) is 3. The number of ketones is 2. The van der Waals surface area contributed by atoms with Crippen LogP contribution in [0.1, 0.15) is 62.4 Å². The summed E-state index contributed by atoms with van der Waals surface area (Å²) in [5.41, 5.74) is 10.2. The Morgan fingerprint density at radius 1 is 0.718 bits per heavy atom. The number of anilines is 3. The van der Waals surface area contributed by atoms with Crippen molar-refractivity contribution in [3.63, 3.8) is 0 Å². The number of hydrogen-bond donors (Lipinski definition) is 0. The summed E-state index contributed by atoms with van der Waals surface area (Å²) in [6.07, 6.45) is 1.80. The van der Waals surface area contributed by atoms with Gasteiger partial charge in [0, 0.05) is 5.41 Å². The van der Waals surface area contributed by atoms with Crippen LogP contribution in [-0.2, 0) is 5.41 Å². The molecule has 0 N–H and O–H groups in total. The minimum atomic E-state index is -0.173. The standard InChI is InChI=1S/C35H27NO2Se/c1-20-16-31(36-29-11-7-5-9-27(29)35(3,4)28-10-6-8-12-30(28)36)21(2)15-23(20)18-26-33(37)24-17-22-13-14-39-32(22)19-25(24)34(26)38/h5-19H,1-4H3/b26-18-. The van der Waals surface area contributed by atoms with Crippen molar-refractivity contribution in [3.05, 3.63) is 128 Å². The fourth-order valence-electron chi connectivity index (χ4n) is 6.21. The molecule has 0 fully saturated rings. The summed E-state index contributed by atoms with van der Waals surface area (Å²) in [6, 6.07) is 27.4. The molecule has 0 atom stereocenters. The first-order valence-electron chi connectivity index (χ1n) is 13.2. The number of carbonyl (C=O) groups excluding carboxylic acids is 2. The third-order valence-electron chi connectivity index (χ3n) is 8.33. The first-order chi connectivity index (χ1) is 18.8. The predicted octanol–water partition coefficient (Wildman–Crippen LogP) is 8.09. The van der Waals surface area contributed by atoms with Gasteiger partial charge in [0.15, 0.2) is 0 Å². The summed E-state index contributed by atoms with van der Waals surface area (Å²) in [5, 5.41) is 1.07. The fourth-order valence-corrected chi connectivity index (χ4v) is 7.91. The maximum atomic E-state index is 13.3. The van der Waals surface area contributed by atoms with Crippen molar-refractivity contribution in [1.29, 1.82) is 0 Å². The van der Waals surface area contributed by atoms with Crippen LogP contribution in [0.3, 0.4) is 0 Å². The molecule has 0 spiro atoms. The number of fused-ring (bicyclic) bond motifs is 4. The quantitative estimate of drug-likeness (QED) is 0.122. The molecule has 5 aromatic rings. The molecule has 1 aromatic heterocycles. The van der Waals surface area contributed by atoms with Crippen LogP contribution < -0.4 is 4.90 Å². The van der Waals surface area contributed by atoms with Gasteiger partial charge in [-0.2, -0.15) is 0 Å². The zero-order valence-electron chi connectivity index (χ0n) is 22.3. The Hall–Kier alpha value is -3.98. The van der Waals surface area contributed by atoms with E-state index in [1.54, 1.807) is 6.08 Å². The van der Waals surface area contributed by atoms with Crippen molar-refractivity contribution in [1.82, 2.24) is 0 Å². The monoisotopic (exact) mass is 573 g/mol. The van der Waals surface area contributed by atoms with Gasteiger partial charge in [-0.1, -0.05) is 50.2 Å². The van der Waals surface area contributed by atoms with Crippen molar-refractivity contribution >= 4 is 58.9 Å². The van der Waals surface area contributed by atoms with Crippen molar-refractivity contribution in [2.45, 2.75) is 33.1 Å². The number of rotatable bonds is 2. The van der Waals surface area contributed by atoms with Gasteiger partial charge in [0.05, 0.1) is 0 Å². The molecule has 0 saturated heterocycles. The molecule has 7 rings (SSSR count). The zero-order chi connectivity index (χ0) is 27.1. The average molecular weight is 573 g/mol. The van der Waals surface area contributed by atoms with E-state index in [2.05, 4.69) is 104 Å². The van der Waals surface area contributed by atoms with Gasteiger partial charge in [-0.15, -0.1) is 0 Å². The molecular formula is C35H27NO2Se. The fraction of sp³-hybridized carbons (Fsp3) is 0.143. The van der Waals surface area contributed by atoms with Crippen LogP contribution in [0.25, 0.3) is 15.7 Å². The normalized spacial score (nSPS) is 16.5. The molecule has 0 saturated carbocycles. The van der Waals surface area contributed by atoms with Crippen LogP contribution in [0.4, 0.5) is 17.1 Å². The van der Waals surface area contributed by atoms with E-state index >= 15 is 0 Å². The Morgan fingerprint density at radius 2 is 1.33 bits per heavy atom. The van der Waals surface area contributed by atoms with Crippen molar-refractivity contribution in [2.24, 2.45) is 0 Å². The first-order valence-corrected chi connectivity index (χ1v) is 15.0. The van der Waals surface area contributed by atoms with Crippen LogP contribution in [0, 0.1) is 13.8 Å². The molecule has 0 unspecified atom stereocenters. The second-order valence-corrected chi connectivity index (χ2v) is 13.1. The van der Waals surface area contributed by atoms with Gasteiger partial charge < -0.3 is 0 Å². The van der Waals surface area contributed by atoms with Crippen LogP contribution in [-0.4, -0.2) is 26.1 Å². The minimum absolute atomic E-state index is 0.119. The molecule has 2 aliphatic rings.